The van der Waals surface area contributed by atoms with Crippen LogP contribution in [0.5, 0.6) is 0 Å². The van der Waals surface area contributed by atoms with Gasteiger partial charge in [0.25, 0.3) is 5.91 Å². The van der Waals surface area contributed by atoms with E-state index in [9.17, 15) is 18.8 Å². The van der Waals surface area contributed by atoms with Crippen molar-refractivity contribution in [3.05, 3.63) is 64.8 Å². The highest BCUT2D eigenvalue weighted by Crippen LogP contribution is 2.28. The Balaban J connectivity index is 1.31. The molecule has 3 N–H and O–H groups in total. The number of benzene rings is 2. The van der Waals surface area contributed by atoms with Gasteiger partial charge in [-0.25, -0.2) is 4.39 Å². The summed E-state index contributed by atoms with van der Waals surface area (Å²) in [4.78, 5) is 40.9. The fraction of sp³-hybridized carbons (Fsp3) is 0.190. The Morgan fingerprint density at radius 1 is 1.19 bits per heavy atom. The van der Waals surface area contributed by atoms with Crippen LogP contribution in [0.25, 0.3) is 11.4 Å². The Morgan fingerprint density at radius 3 is 2.81 bits per heavy atom. The first-order valence-corrected chi connectivity index (χ1v) is 10.0. The molecule has 0 spiro atoms. The molecule has 3 aromatic rings. The lowest BCUT2D eigenvalue weighted by molar-refractivity contribution is -0.122. The van der Waals surface area contributed by atoms with Crippen molar-refractivity contribution in [1.29, 1.82) is 0 Å². The summed E-state index contributed by atoms with van der Waals surface area (Å²) >= 11 is 5.99. The first-order valence-electron chi connectivity index (χ1n) is 9.67. The predicted octanol–water partition coefficient (Wildman–Crippen LogP) is 2.68. The highest BCUT2D eigenvalue weighted by molar-refractivity contribution is 6.33. The van der Waals surface area contributed by atoms with E-state index in [0.29, 0.717) is 11.3 Å². The van der Waals surface area contributed by atoms with Gasteiger partial charge in [-0.2, -0.15) is 4.98 Å². The van der Waals surface area contributed by atoms with Gasteiger partial charge < -0.3 is 20.5 Å². The first-order chi connectivity index (χ1) is 15.4. The molecular weight excluding hydrogens is 441 g/mol. The van der Waals surface area contributed by atoms with E-state index in [4.69, 9.17) is 16.1 Å². The van der Waals surface area contributed by atoms with Gasteiger partial charge in [0, 0.05) is 6.42 Å². The van der Waals surface area contributed by atoms with Crippen LogP contribution in [0.15, 0.2) is 47.0 Å². The average Bonchev–Trinajstić information content (AvgIpc) is 3.19. The Labute approximate surface area is 186 Å². The zero-order chi connectivity index (χ0) is 22.7. The molecule has 1 unspecified atom stereocenters. The average molecular weight is 458 g/mol. The largest absolute Gasteiger partial charge is 0.347 e. The van der Waals surface area contributed by atoms with E-state index in [1.165, 1.54) is 18.2 Å². The zero-order valence-electron chi connectivity index (χ0n) is 16.5. The molecule has 32 heavy (non-hydrogen) atoms. The van der Waals surface area contributed by atoms with Crippen LogP contribution in [0, 0.1) is 5.82 Å². The Hall–Kier alpha value is -3.79. The van der Waals surface area contributed by atoms with E-state index in [-0.39, 0.29) is 41.7 Å². The molecule has 1 aromatic heterocycles. The summed E-state index contributed by atoms with van der Waals surface area (Å²) in [6, 6.07) is 9.96. The molecule has 1 atom stereocenters. The molecule has 0 fully saturated rings. The molecule has 3 amide bonds. The molecule has 0 saturated heterocycles. The lowest BCUT2D eigenvalue weighted by Crippen LogP contribution is -2.42. The number of fused-ring (bicyclic) bond motifs is 1. The van der Waals surface area contributed by atoms with Crippen molar-refractivity contribution in [2.45, 2.75) is 25.4 Å². The van der Waals surface area contributed by atoms with Crippen LogP contribution < -0.4 is 16.0 Å². The molecule has 0 bridgehead atoms. The molecular formula is C21H17ClFN5O4. The minimum Gasteiger partial charge on any atom is -0.347 e. The monoisotopic (exact) mass is 457 g/mol. The number of hydrogen-bond acceptors (Lipinski definition) is 6. The fourth-order valence-electron chi connectivity index (χ4n) is 3.19. The van der Waals surface area contributed by atoms with E-state index in [2.05, 4.69) is 26.1 Å². The van der Waals surface area contributed by atoms with Crippen LogP contribution in [0.1, 0.15) is 29.1 Å². The maximum atomic E-state index is 14.0. The normalized spacial score (nSPS) is 15.4. The number of aromatic nitrogens is 2. The second kappa shape index (κ2) is 9.15. The Kier molecular flexibility index (Phi) is 6.13. The predicted molar refractivity (Wildman–Crippen MR) is 112 cm³/mol. The third-order valence-electron chi connectivity index (χ3n) is 4.80. The van der Waals surface area contributed by atoms with Crippen molar-refractivity contribution in [3.63, 3.8) is 0 Å². The fourth-order valence-corrected chi connectivity index (χ4v) is 3.44. The van der Waals surface area contributed by atoms with Gasteiger partial charge >= 0.3 is 0 Å². The number of hydrogen-bond donors (Lipinski definition) is 3. The number of halogens is 2. The number of rotatable bonds is 6. The van der Waals surface area contributed by atoms with Crippen LogP contribution >= 0.6 is 11.6 Å². The van der Waals surface area contributed by atoms with E-state index in [1.807, 2.05) is 0 Å². The lowest BCUT2D eigenvalue weighted by Gasteiger charge is -2.14. The van der Waals surface area contributed by atoms with Gasteiger partial charge in [-0.1, -0.05) is 35.0 Å². The van der Waals surface area contributed by atoms with E-state index in [1.54, 1.807) is 24.3 Å². The number of nitrogens with zero attached hydrogens (tertiary/aromatic N) is 2. The van der Waals surface area contributed by atoms with Crippen molar-refractivity contribution in [2.75, 3.05) is 5.32 Å². The first kappa shape index (κ1) is 21.4. The molecule has 164 valence electrons. The van der Waals surface area contributed by atoms with E-state index in [0.717, 1.165) is 0 Å². The van der Waals surface area contributed by atoms with Crippen molar-refractivity contribution < 1.29 is 23.3 Å². The van der Waals surface area contributed by atoms with Crippen LogP contribution in [0.2, 0.25) is 5.02 Å². The van der Waals surface area contributed by atoms with Gasteiger partial charge in [0.1, 0.15) is 11.9 Å². The maximum Gasteiger partial charge on any atom is 0.254 e. The summed E-state index contributed by atoms with van der Waals surface area (Å²) in [6.45, 7) is -0.0907. The quantitative estimate of drug-likeness (QED) is 0.522. The second-order valence-electron chi connectivity index (χ2n) is 6.98. The molecule has 0 radical (unpaired) electrons. The number of carbonyl (C=O) groups excluding carboxylic acids is 3. The van der Waals surface area contributed by atoms with Crippen molar-refractivity contribution >= 4 is 35.0 Å². The van der Waals surface area contributed by atoms with Gasteiger partial charge in [0.05, 0.1) is 28.4 Å². The number of anilines is 1. The molecule has 1 aliphatic heterocycles. The van der Waals surface area contributed by atoms with E-state index >= 15 is 0 Å². The van der Waals surface area contributed by atoms with Crippen LogP contribution in [-0.2, 0) is 16.1 Å². The second-order valence-corrected chi connectivity index (χ2v) is 7.39. The van der Waals surface area contributed by atoms with Gasteiger partial charge in [-0.3, -0.25) is 14.4 Å². The van der Waals surface area contributed by atoms with Gasteiger partial charge in [-0.05, 0) is 30.7 Å². The number of nitrogens with one attached hydrogen (secondary N) is 3. The SMILES string of the molecule is O=C(CCC1NC(=O)c2ccccc2NC1=O)NCc1nc(-c2c(F)cccc2Cl)no1. The van der Waals surface area contributed by atoms with E-state index < -0.39 is 29.6 Å². The standard InChI is InChI=1S/C21H17ClFN5O4/c22-12-5-3-6-13(23)18(12)19-27-17(32-28-19)10-24-16(29)9-8-15-21(31)25-14-7-2-1-4-11(14)20(30)26-15/h1-7,15H,8-10H2,(H,24,29)(H,25,31)(H,26,30). The van der Waals surface area contributed by atoms with Crippen molar-refractivity contribution in [2.24, 2.45) is 0 Å². The summed E-state index contributed by atoms with van der Waals surface area (Å²) in [5.41, 5.74) is 0.783. The molecule has 1 aliphatic rings. The van der Waals surface area contributed by atoms with Crippen LogP contribution in [0.3, 0.4) is 0 Å². The number of para-hydroxylation sites is 1. The number of carbonyl (C=O) groups is 3. The minimum absolute atomic E-state index is 0.00612. The molecule has 0 saturated carbocycles. The highest BCUT2D eigenvalue weighted by Gasteiger charge is 2.28. The molecule has 9 nitrogen and oxygen atoms in total. The molecule has 2 heterocycles. The molecule has 4 rings (SSSR count). The lowest BCUT2D eigenvalue weighted by atomic mass is 10.1. The summed E-state index contributed by atoms with van der Waals surface area (Å²) in [5.74, 6) is -1.76. The summed E-state index contributed by atoms with van der Waals surface area (Å²) < 4.78 is 19.0. The summed E-state index contributed by atoms with van der Waals surface area (Å²) in [7, 11) is 0. The molecule has 0 aliphatic carbocycles. The van der Waals surface area contributed by atoms with Crippen molar-refractivity contribution in [1.82, 2.24) is 20.8 Å². The van der Waals surface area contributed by atoms with Crippen LogP contribution in [0.4, 0.5) is 10.1 Å². The Bertz CT molecular complexity index is 1180. The third-order valence-corrected chi connectivity index (χ3v) is 5.12. The van der Waals surface area contributed by atoms with Gasteiger partial charge in [-0.15, -0.1) is 0 Å². The number of amides is 3. The van der Waals surface area contributed by atoms with Gasteiger partial charge in [0.15, 0.2) is 0 Å². The maximum absolute atomic E-state index is 14.0. The topological polar surface area (TPSA) is 126 Å². The molecule has 2 aromatic carbocycles. The zero-order valence-corrected chi connectivity index (χ0v) is 17.3. The van der Waals surface area contributed by atoms with Gasteiger partial charge in [0.2, 0.25) is 23.5 Å². The highest BCUT2D eigenvalue weighted by atomic mass is 35.5. The molecule has 11 heteroatoms. The Morgan fingerprint density at radius 2 is 2.00 bits per heavy atom. The van der Waals surface area contributed by atoms with Crippen molar-refractivity contribution in [3.8, 4) is 11.4 Å². The van der Waals surface area contributed by atoms with Crippen LogP contribution in [-0.4, -0.2) is 33.9 Å². The summed E-state index contributed by atoms with van der Waals surface area (Å²) in [6.07, 6.45) is 0.0617. The summed E-state index contributed by atoms with van der Waals surface area (Å²) in [5, 5.41) is 11.7. The smallest absolute Gasteiger partial charge is 0.254 e. The third kappa shape index (κ3) is 4.59. The minimum atomic E-state index is -0.862.